The van der Waals surface area contributed by atoms with Crippen LogP contribution in [0.3, 0.4) is 0 Å². The van der Waals surface area contributed by atoms with Crippen LogP contribution in [0.5, 0.6) is 0 Å². The first-order valence-corrected chi connectivity index (χ1v) is 18.3. The molecule has 0 heterocycles. The van der Waals surface area contributed by atoms with Gasteiger partial charge in [0.2, 0.25) is 0 Å². The van der Waals surface area contributed by atoms with Crippen molar-refractivity contribution in [3.05, 3.63) is 24.6 Å². The molecular weight excluding hydrogens is 550 g/mol. The van der Waals surface area contributed by atoms with Crippen LogP contribution < -0.4 is 17.0 Å². The zero-order valence-electron chi connectivity index (χ0n) is 28.3. The normalized spacial score (nSPS) is 12.1. The summed E-state index contributed by atoms with van der Waals surface area (Å²) in [7, 11) is 4.59. The number of rotatable bonds is 32. The van der Waals surface area contributed by atoms with E-state index < -0.39 is 0 Å². The lowest BCUT2D eigenvalue weighted by Gasteiger charge is -2.19. The molecule has 0 fully saturated rings. The number of quaternary nitrogens is 1. The van der Waals surface area contributed by atoms with Crippen LogP contribution in [0.1, 0.15) is 206 Å². The van der Waals surface area contributed by atoms with Crippen molar-refractivity contribution in [2.45, 2.75) is 206 Å². The minimum atomic E-state index is 0. The summed E-state index contributed by atoms with van der Waals surface area (Å²) < 4.78 is 0.886. The van der Waals surface area contributed by atoms with E-state index >= 15 is 0 Å². The van der Waals surface area contributed by atoms with Gasteiger partial charge in [-0.1, -0.05) is 181 Å². The molecule has 0 saturated heterocycles. The second-order valence-corrected chi connectivity index (χ2v) is 13.2. The van der Waals surface area contributed by atoms with Crippen LogP contribution in [-0.2, 0) is 0 Å². The Morgan fingerprint density at radius 1 is 0.325 bits per heavy atom. The minimum Gasteiger partial charge on any atom is -1.00 e. The number of unbranched alkanes of at least 4 members (excludes halogenated alkanes) is 28. The second-order valence-electron chi connectivity index (χ2n) is 13.2. The van der Waals surface area contributed by atoms with Crippen LogP contribution in [-0.4, -0.2) is 18.6 Å². The first kappa shape index (κ1) is 42.1. The highest BCUT2D eigenvalue weighted by atomic mass is 79.9. The number of halogens is 1. The molecule has 0 rings (SSSR count). The molecule has 0 saturated carbocycles. The molecule has 0 N–H and O–H groups in total. The van der Waals surface area contributed by atoms with Gasteiger partial charge in [0, 0.05) is 0 Å². The Balaban J connectivity index is 0. The van der Waals surface area contributed by atoms with E-state index in [-0.39, 0.29) is 17.0 Å². The van der Waals surface area contributed by atoms with Gasteiger partial charge in [-0.25, -0.2) is 0 Å². The van der Waals surface area contributed by atoms with Crippen molar-refractivity contribution in [2.24, 2.45) is 0 Å². The van der Waals surface area contributed by atoms with Gasteiger partial charge >= 0.3 is 0 Å². The predicted octanol–water partition coefficient (Wildman–Crippen LogP) is 10.8. The van der Waals surface area contributed by atoms with Crippen molar-refractivity contribution in [2.75, 3.05) is 14.1 Å². The zero-order chi connectivity index (χ0) is 28.5. The first-order chi connectivity index (χ1) is 19.1. The molecular formula is C38H76BrN. The molecule has 0 spiro atoms. The molecule has 0 bridgehead atoms. The molecule has 240 valence electrons. The first-order valence-electron chi connectivity index (χ1n) is 18.3. The highest BCUT2D eigenvalue weighted by Gasteiger charge is 2.05. The largest absolute Gasteiger partial charge is 1.00 e. The number of allylic oxidation sites excluding steroid dienone is 2. The summed E-state index contributed by atoms with van der Waals surface area (Å²) in [5.41, 5.74) is 0. The topological polar surface area (TPSA) is 0 Å². The quantitative estimate of drug-likeness (QED) is 0.0515. The highest BCUT2D eigenvalue weighted by Crippen LogP contribution is 2.15. The Morgan fingerprint density at radius 2 is 0.525 bits per heavy atom. The number of nitrogens with zero attached hydrogens (tertiary/aromatic N) is 1. The molecule has 0 atom stereocenters. The van der Waals surface area contributed by atoms with E-state index in [1.165, 1.54) is 193 Å². The molecule has 2 heteroatoms. The lowest BCUT2D eigenvalue weighted by atomic mass is 10.0. The van der Waals surface area contributed by atoms with Gasteiger partial charge in [-0.2, -0.15) is 0 Å². The van der Waals surface area contributed by atoms with Gasteiger partial charge in [-0.05, 0) is 37.8 Å². The van der Waals surface area contributed by atoms with Gasteiger partial charge in [0.25, 0.3) is 0 Å². The molecule has 0 aliphatic rings. The van der Waals surface area contributed by atoms with Crippen molar-refractivity contribution in [3.63, 3.8) is 0 Å². The summed E-state index contributed by atoms with van der Waals surface area (Å²) in [6.45, 7) is 4.61. The summed E-state index contributed by atoms with van der Waals surface area (Å²) in [5, 5.41) is 0. The van der Waals surface area contributed by atoms with E-state index in [9.17, 15) is 0 Å². The Kier molecular flexibility index (Phi) is 36.9. The van der Waals surface area contributed by atoms with Crippen molar-refractivity contribution in [1.29, 1.82) is 0 Å². The van der Waals surface area contributed by atoms with Crippen LogP contribution in [0.15, 0.2) is 24.6 Å². The number of hydrogen-bond donors (Lipinski definition) is 0. The third-order valence-electron chi connectivity index (χ3n) is 8.43. The Bertz CT molecular complexity index is 466. The van der Waals surface area contributed by atoms with Crippen molar-refractivity contribution >= 4 is 0 Å². The lowest BCUT2D eigenvalue weighted by molar-refractivity contribution is -0.784. The van der Waals surface area contributed by atoms with Gasteiger partial charge in [0.05, 0.1) is 26.5 Å². The molecule has 40 heavy (non-hydrogen) atoms. The van der Waals surface area contributed by atoms with Gasteiger partial charge in [0.1, 0.15) is 0 Å². The van der Waals surface area contributed by atoms with E-state index in [0.717, 1.165) is 4.48 Å². The van der Waals surface area contributed by atoms with Crippen molar-refractivity contribution in [3.8, 4) is 0 Å². The molecule has 0 unspecified atom stereocenters. The van der Waals surface area contributed by atoms with Crippen LogP contribution in [0.2, 0.25) is 0 Å². The fraction of sp³-hybridized carbons (Fsp3) is 0.895. The monoisotopic (exact) mass is 626 g/mol. The molecule has 1 nitrogen and oxygen atoms in total. The average molecular weight is 627 g/mol. The van der Waals surface area contributed by atoms with Crippen LogP contribution in [0, 0.1) is 0 Å². The van der Waals surface area contributed by atoms with E-state index in [4.69, 9.17) is 0 Å². The summed E-state index contributed by atoms with van der Waals surface area (Å²) in [6, 6.07) is 0. The summed E-state index contributed by atoms with van der Waals surface area (Å²) in [6.07, 6.45) is 52.4. The standard InChI is InChI=1S/C38H76N.BrH/c1-5-7-9-11-13-15-17-19-21-23-25-27-29-31-33-35-37-39(3,4)38-36-34-32-30-28-26-24-22-20-18-16-14-12-10-8-6-2;/h35-38H,5-34H2,1-4H3;1H/q+1;/p-1/b37-35+,38-36+;. The maximum Gasteiger partial charge on any atom is 0.0959 e. The van der Waals surface area contributed by atoms with E-state index in [2.05, 4.69) is 52.5 Å². The van der Waals surface area contributed by atoms with E-state index in [1.54, 1.807) is 0 Å². The summed E-state index contributed by atoms with van der Waals surface area (Å²) >= 11 is 0. The molecule has 0 aromatic carbocycles. The molecule has 0 aliphatic heterocycles. The van der Waals surface area contributed by atoms with Gasteiger partial charge in [0.15, 0.2) is 0 Å². The van der Waals surface area contributed by atoms with Gasteiger partial charge in [-0.3, -0.25) is 4.48 Å². The van der Waals surface area contributed by atoms with Crippen LogP contribution >= 0.6 is 0 Å². The third-order valence-corrected chi connectivity index (χ3v) is 8.43. The Morgan fingerprint density at radius 3 is 0.750 bits per heavy atom. The SMILES string of the molecule is CCCCCCCCCCCCCCCC/C=C/[N+](C)(C)/C=C/CCCCCCCCCCCCCCCC.[Br-]. The van der Waals surface area contributed by atoms with E-state index in [1.807, 2.05) is 0 Å². The molecule has 0 aliphatic carbocycles. The Hall–Kier alpha value is -0.0800. The predicted molar refractivity (Wildman–Crippen MR) is 180 cm³/mol. The minimum absolute atomic E-state index is 0. The van der Waals surface area contributed by atoms with Gasteiger partial charge < -0.3 is 17.0 Å². The van der Waals surface area contributed by atoms with Crippen LogP contribution in [0.4, 0.5) is 0 Å². The molecule has 0 aromatic rings. The maximum atomic E-state index is 2.41. The zero-order valence-corrected chi connectivity index (χ0v) is 29.9. The molecule has 0 radical (unpaired) electrons. The lowest BCUT2D eigenvalue weighted by Crippen LogP contribution is -3.00. The average Bonchev–Trinajstić information content (AvgIpc) is 2.92. The van der Waals surface area contributed by atoms with E-state index in [0.29, 0.717) is 0 Å². The number of hydrogen-bond acceptors (Lipinski definition) is 0. The summed E-state index contributed by atoms with van der Waals surface area (Å²) in [5.74, 6) is 0. The van der Waals surface area contributed by atoms with Gasteiger partial charge in [-0.15, -0.1) is 0 Å². The Labute approximate surface area is 265 Å². The molecule has 0 amide bonds. The second kappa shape index (κ2) is 35.1. The molecule has 0 aromatic heterocycles. The van der Waals surface area contributed by atoms with Crippen molar-refractivity contribution < 1.29 is 21.5 Å². The fourth-order valence-corrected chi connectivity index (χ4v) is 5.66. The summed E-state index contributed by atoms with van der Waals surface area (Å²) in [4.78, 5) is 0. The third kappa shape index (κ3) is 35.9. The smallest absolute Gasteiger partial charge is 0.0959 e. The highest BCUT2D eigenvalue weighted by molar-refractivity contribution is 4.80. The fourth-order valence-electron chi connectivity index (χ4n) is 5.66. The van der Waals surface area contributed by atoms with Crippen molar-refractivity contribution in [1.82, 2.24) is 0 Å². The van der Waals surface area contributed by atoms with Crippen LogP contribution in [0.25, 0.3) is 0 Å². The maximum absolute atomic E-state index is 2.41.